The molecule has 0 spiro atoms. The normalized spacial score (nSPS) is 15.5. The Morgan fingerprint density at radius 1 is 0.645 bits per heavy atom. The molecule has 0 saturated carbocycles. The Morgan fingerprint density at radius 3 is 1.74 bits per heavy atom. The number of hydrogen-bond acceptors (Lipinski definition) is 5. The molecule has 0 fully saturated rings. The van der Waals surface area contributed by atoms with Crippen molar-refractivity contribution < 1.29 is 24.1 Å². The number of nitrogens with zero attached hydrogens (tertiary/aromatic N) is 4. The van der Waals surface area contributed by atoms with E-state index in [-0.39, 0.29) is 34.8 Å². The molecule has 4 amide bonds. The minimum absolute atomic E-state index is 0.115. The quantitative estimate of drug-likeness (QED) is 0.0775. The molecule has 0 radical (unpaired) electrons. The van der Waals surface area contributed by atoms with Crippen LogP contribution in [0.25, 0.3) is 5.57 Å². The number of Topliss-reactive ketones (excluding diaryl/α,β-unsaturated/α-hetero) is 1. The first-order valence-electron chi connectivity index (χ1n) is 23.1. The van der Waals surface area contributed by atoms with Crippen LogP contribution in [0.1, 0.15) is 111 Å². The number of unbranched alkanes of at least 4 members (excludes halogenated alkanes) is 2. The second-order valence-electron chi connectivity index (χ2n) is 15.9. The maximum atomic E-state index is 14.5. The van der Waals surface area contributed by atoms with Gasteiger partial charge in [-0.3, -0.25) is 4.79 Å². The number of aryl methyl sites for hydroxylation is 2. The number of carbonyl (C=O) groups is 3. The molecular weight excluding hydrogens is 773 g/mol. The Labute approximate surface area is 370 Å². The Balaban J connectivity index is 1.62. The third kappa shape index (κ3) is 10.9. The van der Waals surface area contributed by atoms with Crippen LogP contribution in [0.4, 0.5) is 32.3 Å². The van der Waals surface area contributed by atoms with Gasteiger partial charge in [0.15, 0.2) is 0 Å². The van der Waals surface area contributed by atoms with Crippen molar-refractivity contribution in [1.82, 2.24) is 15.1 Å². The number of benzene rings is 3. The highest BCUT2D eigenvalue weighted by Crippen LogP contribution is 2.44. The summed E-state index contributed by atoms with van der Waals surface area (Å²) in [4.78, 5) is 47.4. The lowest BCUT2D eigenvalue weighted by atomic mass is 9.78. The highest BCUT2D eigenvalue weighted by molar-refractivity contribution is 6.40. The standard InChI is InChI=1S/C52H68N6O4/c1-9-17-19-37-21-25-39(26-22-37)57(33-11-3)41-29-31-43(45(35-41)53-51(61)55(13-5)14-6)47-49(59)48(50(47)60)44-32-30-42(36-46(44)54-52(62)56(15-7)16-8)58(34-12-4)40-27-23-38(24-28-40)20-18-10-2/h21-32,35-36H,9-20,33-34H2,1-8H3,(H2,53,54,59,60,61,62)/p+1. The van der Waals surface area contributed by atoms with E-state index < -0.39 is 0 Å². The zero-order valence-electron chi connectivity index (χ0n) is 38.4. The summed E-state index contributed by atoms with van der Waals surface area (Å²) in [5, 5.41) is 18.2. The number of aliphatic hydroxyl groups excluding tert-OH is 1. The molecule has 0 aliphatic heterocycles. The van der Waals surface area contributed by atoms with Crippen LogP contribution in [0.2, 0.25) is 0 Å². The van der Waals surface area contributed by atoms with Gasteiger partial charge >= 0.3 is 12.1 Å². The zero-order chi connectivity index (χ0) is 44.8. The number of allylic oxidation sites excluding steroid dienone is 5. The average molecular weight is 842 g/mol. The Morgan fingerprint density at radius 2 is 1.21 bits per heavy atom. The average Bonchev–Trinajstić information content (AvgIpc) is 3.28. The van der Waals surface area contributed by atoms with Crippen molar-refractivity contribution in [2.24, 2.45) is 0 Å². The van der Waals surface area contributed by atoms with Crippen molar-refractivity contribution >= 4 is 51.9 Å². The molecule has 10 heteroatoms. The van der Waals surface area contributed by atoms with Crippen molar-refractivity contribution in [2.75, 3.05) is 49.5 Å². The van der Waals surface area contributed by atoms with E-state index in [0.717, 1.165) is 87.2 Å². The van der Waals surface area contributed by atoms with Crippen LogP contribution in [0.3, 0.4) is 0 Å². The fraction of sp³-hybridized carbons (Fsp3) is 0.423. The maximum absolute atomic E-state index is 14.5. The first-order valence-corrected chi connectivity index (χ1v) is 23.1. The van der Waals surface area contributed by atoms with E-state index in [1.165, 1.54) is 11.1 Å². The Hall–Kier alpha value is -5.90. The Bertz CT molecular complexity index is 2210. The molecule has 2 aliphatic carbocycles. The van der Waals surface area contributed by atoms with Gasteiger partial charge in [0.25, 0.3) is 0 Å². The van der Waals surface area contributed by atoms with Gasteiger partial charge < -0.3 is 30.4 Å². The maximum Gasteiger partial charge on any atom is 0.321 e. The summed E-state index contributed by atoms with van der Waals surface area (Å²) < 4.78 is 2.21. The lowest BCUT2D eigenvalue weighted by Gasteiger charge is -2.30. The second-order valence-corrected chi connectivity index (χ2v) is 15.9. The van der Waals surface area contributed by atoms with E-state index >= 15 is 0 Å². The molecule has 0 saturated heterocycles. The summed E-state index contributed by atoms with van der Waals surface area (Å²) in [5.41, 5.74) is 8.29. The largest absolute Gasteiger partial charge is 0.506 e. The zero-order valence-corrected chi connectivity index (χ0v) is 38.4. The van der Waals surface area contributed by atoms with Crippen LogP contribution >= 0.6 is 0 Å². The van der Waals surface area contributed by atoms with Gasteiger partial charge in [-0.15, -0.1) is 0 Å². The minimum Gasteiger partial charge on any atom is -0.506 e. The first kappa shape index (κ1) is 47.2. The first-order chi connectivity index (χ1) is 30.1. The van der Waals surface area contributed by atoms with Gasteiger partial charge in [0.2, 0.25) is 17.2 Å². The number of anilines is 3. The van der Waals surface area contributed by atoms with Gasteiger partial charge in [0.1, 0.15) is 12.3 Å². The highest BCUT2D eigenvalue weighted by atomic mass is 16.3. The summed E-state index contributed by atoms with van der Waals surface area (Å²) in [6.07, 6.45) is 14.0. The van der Waals surface area contributed by atoms with E-state index in [4.69, 9.17) is 0 Å². The highest BCUT2D eigenvalue weighted by Gasteiger charge is 2.40. The fourth-order valence-corrected chi connectivity index (χ4v) is 8.06. The number of hydrogen-bond donors (Lipinski definition) is 3. The van der Waals surface area contributed by atoms with Gasteiger partial charge in [-0.25, -0.2) is 9.59 Å². The minimum atomic E-state index is -0.374. The van der Waals surface area contributed by atoms with Crippen LogP contribution in [0, 0.1) is 0 Å². The molecule has 5 rings (SSSR count). The van der Waals surface area contributed by atoms with Crippen LogP contribution in [0.15, 0.2) is 108 Å². The monoisotopic (exact) mass is 842 g/mol. The molecule has 62 heavy (non-hydrogen) atoms. The molecule has 3 N–H and O–H groups in total. The Kier molecular flexibility index (Phi) is 17.3. The van der Waals surface area contributed by atoms with E-state index in [9.17, 15) is 19.5 Å². The number of urea groups is 2. The van der Waals surface area contributed by atoms with E-state index in [1.807, 2.05) is 64.1 Å². The number of amides is 4. The van der Waals surface area contributed by atoms with Gasteiger partial charge in [0.05, 0.1) is 22.5 Å². The van der Waals surface area contributed by atoms with Gasteiger partial charge in [-0.2, -0.15) is 4.58 Å². The van der Waals surface area contributed by atoms with Crippen molar-refractivity contribution in [3.05, 3.63) is 124 Å². The third-order valence-electron chi connectivity index (χ3n) is 11.7. The summed E-state index contributed by atoms with van der Waals surface area (Å²) in [6.45, 7) is 19.8. The number of rotatable bonds is 20. The predicted molar refractivity (Wildman–Crippen MR) is 256 cm³/mol. The molecule has 0 heterocycles. The number of carbonyl (C=O) groups excluding carboxylic acids is 3. The summed E-state index contributed by atoms with van der Waals surface area (Å²) in [6, 6.07) is 22.3. The molecule has 2 aliphatic rings. The smallest absolute Gasteiger partial charge is 0.321 e. The molecule has 0 bridgehead atoms. The van der Waals surface area contributed by atoms with Crippen LogP contribution in [0.5, 0.6) is 0 Å². The summed E-state index contributed by atoms with van der Waals surface area (Å²) >= 11 is 0. The fourth-order valence-electron chi connectivity index (χ4n) is 8.06. The van der Waals surface area contributed by atoms with Crippen molar-refractivity contribution in [1.29, 1.82) is 0 Å². The van der Waals surface area contributed by atoms with Gasteiger partial charge in [-0.1, -0.05) is 64.8 Å². The van der Waals surface area contributed by atoms with Crippen LogP contribution in [-0.4, -0.2) is 82.3 Å². The van der Waals surface area contributed by atoms with Crippen LogP contribution in [-0.2, 0) is 17.6 Å². The predicted octanol–water partition coefficient (Wildman–Crippen LogP) is 11.6. The summed E-state index contributed by atoms with van der Waals surface area (Å²) in [5.74, 6) is -0.561. The molecule has 3 aromatic carbocycles. The lowest BCUT2D eigenvalue weighted by molar-refractivity contribution is -0.439. The molecule has 0 aromatic heterocycles. The second kappa shape index (κ2) is 22.8. The third-order valence-corrected chi connectivity index (χ3v) is 11.7. The van der Waals surface area contributed by atoms with Crippen LogP contribution < -0.4 is 15.5 Å². The molecule has 0 atom stereocenters. The SMILES string of the molecule is CCCCc1ccc(N(CCC)c2ccc(C3=C(O)/C(=C4\C=CC(=[N+](CCC)c5ccc(CCCC)cc5)C=C4NC(=O)N(CC)CC)C3=O)c(NC(=O)N(CC)CC)c2)cc1. The van der Waals surface area contributed by atoms with E-state index in [0.29, 0.717) is 48.7 Å². The molecule has 10 nitrogen and oxygen atoms in total. The molecular formula is C52H69N6O4+. The van der Waals surface area contributed by atoms with Gasteiger partial charge in [0, 0.05) is 85.9 Å². The molecule has 3 aromatic rings. The van der Waals surface area contributed by atoms with Crippen molar-refractivity contribution in [3.8, 4) is 0 Å². The van der Waals surface area contributed by atoms with E-state index in [1.54, 1.807) is 9.80 Å². The molecule has 330 valence electrons. The van der Waals surface area contributed by atoms with Crippen molar-refractivity contribution in [3.63, 3.8) is 0 Å². The van der Waals surface area contributed by atoms with Crippen molar-refractivity contribution in [2.45, 2.75) is 107 Å². The number of ketones is 1. The molecule has 0 unspecified atom stereocenters. The topological polar surface area (TPSA) is 108 Å². The number of aliphatic hydroxyl groups is 1. The lowest BCUT2D eigenvalue weighted by Crippen LogP contribution is -2.40. The van der Waals surface area contributed by atoms with E-state index in [2.05, 4.69) is 96.3 Å². The number of nitrogens with one attached hydrogen (secondary N) is 2. The van der Waals surface area contributed by atoms with Gasteiger partial charge in [-0.05, 0) is 107 Å². The summed E-state index contributed by atoms with van der Waals surface area (Å²) in [7, 11) is 0.